The summed E-state index contributed by atoms with van der Waals surface area (Å²) in [6.45, 7) is 4.10. The molecule has 4 nitrogen and oxygen atoms in total. The Kier molecular flexibility index (Phi) is 7.69. The number of nitrogens with zero attached hydrogens (tertiary/aromatic N) is 1. The molecular weight excluding hydrogens is 300 g/mol. The Hall–Kier alpha value is -1.26. The van der Waals surface area contributed by atoms with E-state index in [1.807, 2.05) is 36.2 Å². The van der Waals surface area contributed by atoms with Crippen LogP contribution in [0.2, 0.25) is 0 Å². The van der Waals surface area contributed by atoms with Gasteiger partial charge in [-0.2, -0.15) is 0 Å². The van der Waals surface area contributed by atoms with E-state index < -0.39 is 0 Å². The van der Waals surface area contributed by atoms with Gasteiger partial charge in [0.25, 0.3) is 0 Å². The molecule has 124 valence electrons. The molecule has 1 unspecified atom stereocenters. The monoisotopic (exact) mass is 326 g/mol. The number of carbonyl (C=O) groups is 1. The zero-order chi connectivity index (χ0) is 15.2. The number of hydrogen-bond donors (Lipinski definition) is 1. The number of piperidine rings is 1. The SMILES string of the molecule is COc1ccccc1C(C)CC(=O)N(C)C1CCNCC1.Cl. The molecule has 22 heavy (non-hydrogen) atoms. The first kappa shape index (κ1) is 18.8. The average molecular weight is 327 g/mol. The van der Waals surface area contributed by atoms with E-state index in [4.69, 9.17) is 4.74 Å². The third-order valence-electron chi connectivity index (χ3n) is 4.40. The summed E-state index contributed by atoms with van der Waals surface area (Å²) in [5.74, 6) is 1.25. The molecule has 1 aromatic carbocycles. The van der Waals surface area contributed by atoms with Crippen molar-refractivity contribution >= 4 is 18.3 Å². The van der Waals surface area contributed by atoms with Crippen molar-refractivity contribution in [2.24, 2.45) is 0 Å². The predicted octanol–water partition coefficient (Wildman–Crippen LogP) is 2.82. The van der Waals surface area contributed by atoms with E-state index in [0.717, 1.165) is 37.2 Å². The maximum atomic E-state index is 12.5. The highest BCUT2D eigenvalue weighted by Crippen LogP contribution is 2.29. The van der Waals surface area contributed by atoms with Gasteiger partial charge in [0.2, 0.25) is 5.91 Å². The van der Waals surface area contributed by atoms with Crippen molar-refractivity contribution in [2.45, 2.75) is 38.1 Å². The van der Waals surface area contributed by atoms with Crippen LogP contribution in [0.1, 0.15) is 37.7 Å². The van der Waals surface area contributed by atoms with Crippen molar-refractivity contribution in [3.63, 3.8) is 0 Å². The lowest BCUT2D eigenvalue weighted by molar-refractivity contribution is -0.132. The van der Waals surface area contributed by atoms with Crippen LogP contribution >= 0.6 is 12.4 Å². The van der Waals surface area contributed by atoms with Gasteiger partial charge in [-0.3, -0.25) is 4.79 Å². The normalized spacial score (nSPS) is 16.5. The van der Waals surface area contributed by atoms with Gasteiger partial charge in [0.1, 0.15) is 5.75 Å². The van der Waals surface area contributed by atoms with Crippen molar-refractivity contribution in [3.05, 3.63) is 29.8 Å². The van der Waals surface area contributed by atoms with Gasteiger partial charge in [0.05, 0.1) is 7.11 Å². The number of ether oxygens (including phenoxy) is 1. The van der Waals surface area contributed by atoms with E-state index in [0.29, 0.717) is 12.5 Å². The van der Waals surface area contributed by atoms with Crippen LogP contribution in [-0.4, -0.2) is 44.1 Å². The fourth-order valence-corrected chi connectivity index (χ4v) is 2.99. The van der Waals surface area contributed by atoms with Gasteiger partial charge < -0.3 is 15.0 Å². The lowest BCUT2D eigenvalue weighted by Crippen LogP contribution is -2.44. The highest BCUT2D eigenvalue weighted by atomic mass is 35.5. The standard InChI is InChI=1S/C17H26N2O2.ClH/c1-13(15-6-4-5-7-16(15)21-3)12-17(20)19(2)14-8-10-18-11-9-14;/h4-7,13-14,18H,8-12H2,1-3H3;1H. The number of nitrogens with one attached hydrogen (secondary N) is 1. The number of hydrogen-bond acceptors (Lipinski definition) is 3. The third-order valence-corrected chi connectivity index (χ3v) is 4.40. The largest absolute Gasteiger partial charge is 0.496 e. The smallest absolute Gasteiger partial charge is 0.223 e. The number of amides is 1. The number of para-hydroxylation sites is 1. The van der Waals surface area contributed by atoms with Gasteiger partial charge in [-0.25, -0.2) is 0 Å². The highest BCUT2D eigenvalue weighted by Gasteiger charge is 2.24. The van der Waals surface area contributed by atoms with Crippen LogP contribution in [0.5, 0.6) is 5.75 Å². The van der Waals surface area contributed by atoms with Crippen molar-refractivity contribution in [1.82, 2.24) is 10.2 Å². The maximum absolute atomic E-state index is 12.5. The number of halogens is 1. The molecule has 1 saturated heterocycles. The second-order valence-corrected chi connectivity index (χ2v) is 5.83. The molecule has 1 aliphatic heterocycles. The number of methoxy groups -OCH3 is 1. The molecule has 0 saturated carbocycles. The fourth-order valence-electron chi connectivity index (χ4n) is 2.99. The molecule has 5 heteroatoms. The summed E-state index contributed by atoms with van der Waals surface area (Å²) in [5, 5.41) is 3.34. The summed E-state index contributed by atoms with van der Waals surface area (Å²) < 4.78 is 5.39. The van der Waals surface area contributed by atoms with Crippen LogP contribution in [0, 0.1) is 0 Å². The molecule has 1 atom stereocenters. The quantitative estimate of drug-likeness (QED) is 0.904. The van der Waals surface area contributed by atoms with Crippen LogP contribution in [0.4, 0.5) is 0 Å². The summed E-state index contributed by atoms with van der Waals surface area (Å²) >= 11 is 0. The second kappa shape index (κ2) is 9.01. The van der Waals surface area contributed by atoms with E-state index in [1.165, 1.54) is 0 Å². The molecule has 1 fully saturated rings. The van der Waals surface area contributed by atoms with Gasteiger partial charge in [-0.15, -0.1) is 12.4 Å². The molecule has 0 aliphatic carbocycles. The van der Waals surface area contributed by atoms with Gasteiger partial charge in [0, 0.05) is 19.5 Å². The summed E-state index contributed by atoms with van der Waals surface area (Å²) in [5.41, 5.74) is 1.10. The zero-order valence-corrected chi connectivity index (χ0v) is 14.5. The molecule has 2 rings (SSSR count). The van der Waals surface area contributed by atoms with Gasteiger partial charge in [0.15, 0.2) is 0 Å². The molecule has 0 spiro atoms. The van der Waals surface area contributed by atoms with Gasteiger partial charge in [-0.05, 0) is 43.5 Å². The van der Waals surface area contributed by atoms with Gasteiger partial charge >= 0.3 is 0 Å². The Bertz CT molecular complexity index is 475. The molecule has 0 radical (unpaired) electrons. The fraction of sp³-hybridized carbons (Fsp3) is 0.588. The molecule has 1 heterocycles. The van der Waals surface area contributed by atoms with E-state index >= 15 is 0 Å². The predicted molar refractivity (Wildman–Crippen MR) is 91.9 cm³/mol. The minimum Gasteiger partial charge on any atom is -0.496 e. The van der Waals surface area contributed by atoms with Crippen LogP contribution in [0.3, 0.4) is 0 Å². The first-order valence-corrected chi connectivity index (χ1v) is 7.72. The Morgan fingerprint density at radius 3 is 2.64 bits per heavy atom. The van der Waals surface area contributed by atoms with Crippen LogP contribution in [0.25, 0.3) is 0 Å². The molecule has 1 N–H and O–H groups in total. The summed E-state index contributed by atoms with van der Waals surface area (Å²) in [4.78, 5) is 14.4. The number of rotatable bonds is 5. The zero-order valence-electron chi connectivity index (χ0n) is 13.7. The Morgan fingerprint density at radius 1 is 1.36 bits per heavy atom. The molecule has 0 aromatic heterocycles. The minimum atomic E-state index is 0. The third kappa shape index (κ3) is 4.62. The Morgan fingerprint density at radius 2 is 2.00 bits per heavy atom. The maximum Gasteiger partial charge on any atom is 0.223 e. The summed E-state index contributed by atoms with van der Waals surface area (Å²) in [7, 11) is 3.61. The van der Waals surface area contributed by atoms with Crippen molar-refractivity contribution < 1.29 is 9.53 Å². The lowest BCUT2D eigenvalue weighted by atomic mass is 9.95. The number of carbonyl (C=O) groups excluding carboxylic acids is 1. The first-order valence-electron chi connectivity index (χ1n) is 7.72. The van der Waals surface area contributed by atoms with Gasteiger partial charge in [-0.1, -0.05) is 25.1 Å². The van der Waals surface area contributed by atoms with Crippen molar-refractivity contribution in [2.75, 3.05) is 27.2 Å². The molecule has 1 aliphatic rings. The Labute approximate surface area is 139 Å². The molecule has 0 bridgehead atoms. The van der Waals surface area contributed by atoms with Crippen LogP contribution in [-0.2, 0) is 4.79 Å². The first-order chi connectivity index (χ1) is 10.1. The molecular formula is C17H27ClN2O2. The number of benzene rings is 1. The van der Waals surface area contributed by atoms with Crippen LogP contribution < -0.4 is 10.1 Å². The molecule has 1 aromatic rings. The highest BCUT2D eigenvalue weighted by molar-refractivity contribution is 5.85. The van der Waals surface area contributed by atoms with Crippen LogP contribution in [0.15, 0.2) is 24.3 Å². The van der Waals surface area contributed by atoms with E-state index in [2.05, 4.69) is 12.2 Å². The Balaban J connectivity index is 0.00000242. The van der Waals surface area contributed by atoms with E-state index in [1.54, 1.807) is 7.11 Å². The topological polar surface area (TPSA) is 41.6 Å². The van der Waals surface area contributed by atoms with E-state index in [9.17, 15) is 4.79 Å². The van der Waals surface area contributed by atoms with E-state index in [-0.39, 0.29) is 24.2 Å². The second-order valence-electron chi connectivity index (χ2n) is 5.83. The summed E-state index contributed by atoms with van der Waals surface area (Å²) in [6, 6.07) is 8.32. The lowest BCUT2D eigenvalue weighted by Gasteiger charge is -2.32. The van der Waals surface area contributed by atoms with Crippen molar-refractivity contribution in [3.8, 4) is 5.75 Å². The summed E-state index contributed by atoms with van der Waals surface area (Å²) in [6.07, 6.45) is 2.62. The van der Waals surface area contributed by atoms with Crippen molar-refractivity contribution in [1.29, 1.82) is 0 Å². The molecule has 1 amide bonds. The minimum absolute atomic E-state index is 0. The average Bonchev–Trinajstić information content (AvgIpc) is 2.54.